The molecule has 7 nitrogen and oxygen atoms in total. The molecule has 2 heterocycles. The van der Waals surface area contributed by atoms with E-state index in [2.05, 4.69) is 25.9 Å². The minimum absolute atomic E-state index is 0.206. The lowest BCUT2D eigenvalue weighted by Crippen LogP contribution is -2.30. The predicted molar refractivity (Wildman–Crippen MR) is 69.1 cm³/mol. The van der Waals surface area contributed by atoms with E-state index in [4.69, 9.17) is 5.84 Å². The lowest BCUT2D eigenvalue weighted by Gasteiger charge is -2.02. The molecule has 0 spiro atoms. The average Bonchev–Trinajstić information content (AvgIpc) is 2.82. The van der Waals surface area contributed by atoms with Gasteiger partial charge in [0, 0.05) is 11.6 Å². The van der Waals surface area contributed by atoms with Gasteiger partial charge in [0.25, 0.3) is 11.5 Å². The highest BCUT2D eigenvalue weighted by molar-refractivity contribution is 9.10. The first kappa shape index (κ1) is 12.9. The van der Waals surface area contributed by atoms with Crippen molar-refractivity contribution >= 4 is 33.2 Å². The fraction of sp³-hybridized carbons (Fsp3) is 0.111. The zero-order valence-corrected chi connectivity index (χ0v) is 11.4. The molecule has 0 fully saturated rings. The predicted octanol–water partition coefficient (Wildman–Crippen LogP) is 0.114. The van der Waals surface area contributed by atoms with Crippen LogP contribution in [0.3, 0.4) is 0 Å². The molecular formula is C9H8BrN5O2S. The van der Waals surface area contributed by atoms with Gasteiger partial charge in [-0.05, 0) is 15.9 Å². The lowest BCUT2D eigenvalue weighted by atomic mass is 10.4. The summed E-state index contributed by atoms with van der Waals surface area (Å²) < 4.78 is 1.77. The van der Waals surface area contributed by atoms with Gasteiger partial charge in [0.05, 0.1) is 18.6 Å². The second-order valence-corrected chi connectivity index (χ2v) is 5.00. The molecule has 3 N–H and O–H groups in total. The van der Waals surface area contributed by atoms with Crippen LogP contribution in [-0.2, 0) is 6.54 Å². The molecule has 0 saturated carbocycles. The van der Waals surface area contributed by atoms with Crippen molar-refractivity contribution in [1.29, 1.82) is 0 Å². The molecule has 0 unspecified atom stereocenters. The zero-order chi connectivity index (χ0) is 13.1. The maximum atomic E-state index is 11.7. The number of amides is 1. The van der Waals surface area contributed by atoms with Gasteiger partial charge in [-0.2, -0.15) is 0 Å². The molecule has 0 aromatic carbocycles. The van der Waals surface area contributed by atoms with Crippen LogP contribution < -0.4 is 16.8 Å². The minimum Gasteiger partial charge on any atom is -0.292 e. The van der Waals surface area contributed by atoms with Crippen molar-refractivity contribution in [2.45, 2.75) is 6.54 Å². The molecule has 0 saturated heterocycles. The van der Waals surface area contributed by atoms with Gasteiger partial charge >= 0.3 is 0 Å². The highest BCUT2D eigenvalue weighted by atomic mass is 79.9. The summed E-state index contributed by atoms with van der Waals surface area (Å²) in [6, 6.07) is 0. The Balaban J connectivity index is 2.24. The number of hydrazine groups is 1. The summed E-state index contributed by atoms with van der Waals surface area (Å²) in [5.41, 5.74) is 2.39. The Kier molecular flexibility index (Phi) is 3.84. The van der Waals surface area contributed by atoms with Gasteiger partial charge in [-0.3, -0.25) is 19.6 Å². The number of nitrogen functional groups attached to an aromatic ring is 1. The van der Waals surface area contributed by atoms with E-state index < -0.39 is 5.91 Å². The minimum atomic E-state index is -0.453. The van der Waals surface area contributed by atoms with E-state index in [1.54, 1.807) is 5.38 Å². The topological polar surface area (TPSA) is 103 Å². The maximum absolute atomic E-state index is 11.7. The molecule has 0 aliphatic rings. The molecule has 9 heteroatoms. The van der Waals surface area contributed by atoms with E-state index in [0.29, 0.717) is 10.2 Å². The number of nitrogens with zero attached hydrogens (tertiary/aromatic N) is 3. The highest BCUT2D eigenvalue weighted by Gasteiger charge is 2.10. The van der Waals surface area contributed by atoms with Crippen molar-refractivity contribution in [1.82, 2.24) is 20.0 Å². The van der Waals surface area contributed by atoms with E-state index in [1.807, 2.05) is 5.43 Å². The summed E-state index contributed by atoms with van der Waals surface area (Å²) in [7, 11) is 0. The normalized spacial score (nSPS) is 10.3. The molecular weight excluding hydrogens is 322 g/mol. The van der Waals surface area contributed by atoms with Crippen LogP contribution in [0.4, 0.5) is 0 Å². The van der Waals surface area contributed by atoms with Crippen molar-refractivity contribution in [2.75, 3.05) is 0 Å². The quantitative estimate of drug-likeness (QED) is 0.472. The van der Waals surface area contributed by atoms with Crippen LogP contribution in [0, 0.1) is 0 Å². The number of aromatic nitrogens is 3. The number of carbonyl (C=O) groups excluding carboxylic acids is 1. The Hall–Kier alpha value is -1.58. The fourth-order valence-electron chi connectivity index (χ4n) is 1.26. The molecule has 0 radical (unpaired) electrons. The number of halogens is 1. The molecule has 2 aromatic heterocycles. The monoisotopic (exact) mass is 329 g/mol. The SMILES string of the molecule is NNC(=O)c1nc(Cn2cncc(Br)c2=O)cs1. The number of nitrogens with two attached hydrogens (primary N) is 1. The van der Waals surface area contributed by atoms with E-state index in [9.17, 15) is 9.59 Å². The molecule has 2 rings (SSSR count). The van der Waals surface area contributed by atoms with Crippen molar-refractivity contribution < 1.29 is 4.79 Å². The van der Waals surface area contributed by atoms with Crippen molar-refractivity contribution in [3.8, 4) is 0 Å². The first-order valence-corrected chi connectivity index (χ1v) is 6.44. The zero-order valence-electron chi connectivity index (χ0n) is 8.96. The van der Waals surface area contributed by atoms with E-state index >= 15 is 0 Å². The van der Waals surface area contributed by atoms with Crippen LogP contribution >= 0.6 is 27.3 Å². The summed E-state index contributed by atoms with van der Waals surface area (Å²) in [5.74, 6) is 4.55. The Labute approximate surface area is 114 Å². The summed E-state index contributed by atoms with van der Waals surface area (Å²) in [6.45, 7) is 0.250. The maximum Gasteiger partial charge on any atom is 0.294 e. The lowest BCUT2D eigenvalue weighted by molar-refractivity contribution is 0.0953. The molecule has 18 heavy (non-hydrogen) atoms. The van der Waals surface area contributed by atoms with E-state index in [0.717, 1.165) is 11.3 Å². The van der Waals surface area contributed by atoms with Gasteiger partial charge in [0.15, 0.2) is 5.01 Å². The van der Waals surface area contributed by atoms with Crippen LogP contribution in [0.25, 0.3) is 0 Å². The van der Waals surface area contributed by atoms with E-state index in [1.165, 1.54) is 17.1 Å². The van der Waals surface area contributed by atoms with Gasteiger partial charge in [-0.1, -0.05) is 0 Å². The Morgan fingerprint density at radius 2 is 2.39 bits per heavy atom. The molecule has 0 bridgehead atoms. The molecule has 0 aliphatic carbocycles. The first-order chi connectivity index (χ1) is 8.61. The third-order valence-electron chi connectivity index (χ3n) is 2.07. The van der Waals surface area contributed by atoms with Gasteiger partial charge < -0.3 is 0 Å². The van der Waals surface area contributed by atoms with Crippen LogP contribution in [0.2, 0.25) is 0 Å². The Bertz CT molecular complexity index is 638. The Morgan fingerprint density at radius 1 is 1.61 bits per heavy atom. The summed E-state index contributed by atoms with van der Waals surface area (Å²) in [6.07, 6.45) is 2.84. The molecule has 0 atom stereocenters. The number of thiazole rings is 1. The Morgan fingerprint density at radius 3 is 3.11 bits per heavy atom. The average molecular weight is 330 g/mol. The van der Waals surface area contributed by atoms with Crippen molar-refractivity contribution in [2.24, 2.45) is 5.84 Å². The second-order valence-electron chi connectivity index (χ2n) is 3.29. The number of carbonyl (C=O) groups is 1. The van der Waals surface area contributed by atoms with Gasteiger partial charge in [-0.15, -0.1) is 11.3 Å². The second kappa shape index (κ2) is 5.38. The number of nitrogens with one attached hydrogen (secondary N) is 1. The molecule has 94 valence electrons. The molecule has 1 amide bonds. The van der Waals surface area contributed by atoms with Gasteiger partial charge in [-0.25, -0.2) is 15.8 Å². The fourth-order valence-corrected chi connectivity index (χ4v) is 2.31. The standard InChI is InChI=1S/C9H8BrN5O2S/c10-6-1-12-4-15(9(6)17)2-5-3-18-8(13-5)7(16)14-11/h1,3-4H,2,11H2,(H,14,16). The van der Waals surface area contributed by atoms with Crippen LogP contribution in [0.5, 0.6) is 0 Å². The van der Waals surface area contributed by atoms with Crippen molar-refractivity contribution in [3.05, 3.63) is 43.4 Å². The number of hydrogen-bond donors (Lipinski definition) is 2. The summed E-state index contributed by atoms with van der Waals surface area (Å²) in [4.78, 5) is 30.9. The van der Waals surface area contributed by atoms with Crippen molar-refractivity contribution in [3.63, 3.8) is 0 Å². The third kappa shape index (κ3) is 2.63. The summed E-state index contributed by atoms with van der Waals surface area (Å²) in [5, 5.41) is 1.95. The smallest absolute Gasteiger partial charge is 0.292 e. The van der Waals surface area contributed by atoms with Crippen LogP contribution in [-0.4, -0.2) is 20.4 Å². The van der Waals surface area contributed by atoms with Crippen LogP contribution in [0.1, 0.15) is 15.5 Å². The van der Waals surface area contributed by atoms with Gasteiger partial charge in [0.1, 0.15) is 4.47 Å². The first-order valence-electron chi connectivity index (χ1n) is 4.77. The van der Waals surface area contributed by atoms with Crippen LogP contribution in [0.15, 0.2) is 27.2 Å². The molecule has 2 aromatic rings. The third-order valence-corrected chi connectivity index (χ3v) is 3.50. The van der Waals surface area contributed by atoms with E-state index in [-0.39, 0.29) is 17.1 Å². The summed E-state index contributed by atoms with van der Waals surface area (Å²) >= 11 is 4.27. The number of hydrogen-bond acceptors (Lipinski definition) is 6. The number of rotatable bonds is 3. The van der Waals surface area contributed by atoms with Gasteiger partial charge in [0.2, 0.25) is 0 Å². The largest absolute Gasteiger partial charge is 0.294 e. The highest BCUT2D eigenvalue weighted by Crippen LogP contribution is 2.10. The molecule has 0 aliphatic heterocycles.